The van der Waals surface area contributed by atoms with Crippen LogP contribution in [-0.2, 0) is 0 Å². The van der Waals surface area contributed by atoms with E-state index in [1.807, 2.05) is 30.3 Å². The molecule has 0 aliphatic heterocycles. The normalized spacial score (nSPS) is 14.7. The molecule has 0 nitrogen and oxygen atoms in total. The largest absolute Gasteiger partial charge is 0.0629 e. The smallest absolute Gasteiger partial charge is 0.0622 e. The van der Waals surface area contributed by atoms with E-state index in [0.29, 0.717) is 10.9 Å². The molecule has 0 aliphatic carbocycles. The first kappa shape index (κ1) is 23.6. The molecule has 0 bridgehead atoms. The van der Waals surface area contributed by atoms with E-state index in [4.69, 9.17) is 12.3 Å². The molecule has 60 heavy (non-hydrogen) atoms. The monoisotopic (exact) mass is 771 g/mol. The number of hydrogen-bond donors (Lipinski definition) is 0. The van der Waals surface area contributed by atoms with E-state index in [1.54, 1.807) is 6.07 Å². The van der Waals surface area contributed by atoms with Gasteiger partial charge in [-0.3, -0.25) is 0 Å². The van der Waals surface area contributed by atoms with Crippen LogP contribution in [0, 0.1) is 0 Å². The fraction of sp³-hybridized carbons (Fsp3) is 0. The highest BCUT2D eigenvalue weighted by Crippen LogP contribution is 2.48. The molecule has 0 saturated carbocycles. The summed E-state index contributed by atoms with van der Waals surface area (Å²) >= 11 is 0. The zero-order valence-electron chi connectivity index (χ0n) is 44.9. The highest BCUT2D eigenvalue weighted by Gasteiger charge is 2.20. The fourth-order valence-electron chi connectivity index (χ4n) is 9.20. The third-order valence-corrected chi connectivity index (χ3v) is 11.8. The maximum Gasteiger partial charge on any atom is 0.0629 e. The number of benzene rings is 12. The summed E-state index contributed by atoms with van der Waals surface area (Å²) in [5, 5.41) is 7.46. The SMILES string of the molecule is [2H]c1c([2H])c([2H])c(-c2c3c([2H])c([2H])c([2H])c([2H])c3c(-c3ccc(-c4ccc(-c5c6ccccc6c(-c6ccc7ccccc7c6)c6ccccc56)cc4)c4ccccc34)c3c([2H])c([2H])c([2H])c([2H])c23)c([2H])c1[2H]. The second-order valence-electron chi connectivity index (χ2n) is 14.9. The summed E-state index contributed by atoms with van der Waals surface area (Å²) in [5.74, 6) is 0. The average molecular weight is 772 g/mol. The van der Waals surface area contributed by atoms with Gasteiger partial charge in [0.25, 0.3) is 0 Å². The topological polar surface area (TPSA) is 0 Å². The highest BCUT2D eigenvalue weighted by atomic mass is 14.2. The van der Waals surface area contributed by atoms with Crippen LogP contribution in [-0.4, -0.2) is 0 Å². The van der Waals surface area contributed by atoms with Crippen LogP contribution in [0.5, 0.6) is 0 Å². The van der Waals surface area contributed by atoms with Gasteiger partial charge in [-0.25, -0.2) is 0 Å². The Morgan fingerprint density at radius 3 is 1.22 bits per heavy atom. The number of hydrogen-bond acceptors (Lipinski definition) is 0. The van der Waals surface area contributed by atoms with Crippen molar-refractivity contribution in [3.8, 4) is 55.6 Å². The van der Waals surface area contributed by atoms with Crippen molar-refractivity contribution in [1.29, 1.82) is 0 Å². The van der Waals surface area contributed by atoms with Gasteiger partial charge in [-0.15, -0.1) is 0 Å². The van der Waals surface area contributed by atoms with Crippen LogP contribution in [0.15, 0.2) is 230 Å². The lowest BCUT2D eigenvalue weighted by Crippen LogP contribution is -1.92. The van der Waals surface area contributed by atoms with E-state index >= 15 is 0 Å². The molecule has 0 aromatic heterocycles. The lowest BCUT2D eigenvalue weighted by molar-refractivity contribution is 1.63. The zero-order chi connectivity index (χ0) is 50.9. The molecule has 0 unspecified atom stereocenters. The second-order valence-corrected chi connectivity index (χ2v) is 14.9. The summed E-state index contributed by atoms with van der Waals surface area (Å²) < 4.78 is 117. The van der Waals surface area contributed by atoms with Crippen molar-refractivity contribution in [3.63, 3.8) is 0 Å². The average Bonchev–Trinajstić information content (AvgIpc) is 3.42. The summed E-state index contributed by atoms with van der Waals surface area (Å²) in [6, 6.07) is 43.3. The first-order valence-corrected chi connectivity index (χ1v) is 19.8. The van der Waals surface area contributed by atoms with E-state index in [0.717, 1.165) is 54.7 Å². The van der Waals surface area contributed by atoms with Crippen LogP contribution >= 0.6 is 0 Å². The van der Waals surface area contributed by atoms with Crippen molar-refractivity contribution in [2.45, 2.75) is 0 Å². The molecule has 0 heterocycles. The van der Waals surface area contributed by atoms with Crippen molar-refractivity contribution >= 4 is 64.6 Å². The molecule has 0 N–H and O–H groups in total. The molecule has 0 amide bonds. The molecule has 0 radical (unpaired) electrons. The maximum atomic E-state index is 9.48. The van der Waals surface area contributed by atoms with E-state index in [9.17, 15) is 5.48 Å². The molecule has 0 spiro atoms. The summed E-state index contributed by atoms with van der Waals surface area (Å²) in [6.45, 7) is 0. The molecule has 0 aliphatic rings. The molecular formula is C60H38. The van der Waals surface area contributed by atoms with Gasteiger partial charge in [-0.2, -0.15) is 0 Å². The Bertz CT molecular complexity index is 4240. The van der Waals surface area contributed by atoms with Gasteiger partial charge in [0.1, 0.15) is 0 Å². The van der Waals surface area contributed by atoms with Crippen molar-refractivity contribution in [2.24, 2.45) is 0 Å². The Kier molecular flexibility index (Phi) is 5.48. The quantitative estimate of drug-likeness (QED) is 0.153. The van der Waals surface area contributed by atoms with Gasteiger partial charge in [0.05, 0.1) is 17.8 Å². The van der Waals surface area contributed by atoms with Gasteiger partial charge in [0, 0.05) is 0 Å². The van der Waals surface area contributed by atoms with Crippen LogP contribution in [0.1, 0.15) is 17.8 Å². The molecule has 0 saturated heterocycles. The molecule has 12 aromatic rings. The van der Waals surface area contributed by atoms with Crippen molar-refractivity contribution < 1.29 is 17.8 Å². The molecule has 278 valence electrons. The van der Waals surface area contributed by atoms with Crippen molar-refractivity contribution in [2.75, 3.05) is 0 Å². The summed E-state index contributed by atoms with van der Waals surface area (Å²) in [5.41, 5.74) is 5.85. The Balaban J connectivity index is 1.10. The van der Waals surface area contributed by atoms with Crippen molar-refractivity contribution in [1.82, 2.24) is 0 Å². The lowest BCUT2D eigenvalue weighted by Gasteiger charge is -2.20. The Morgan fingerprint density at radius 1 is 0.233 bits per heavy atom. The predicted molar refractivity (Wildman–Crippen MR) is 259 cm³/mol. The predicted octanol–water partition coefficient (Wildman–Crippen LogP) is 16.9. The van der Waals surface area contributed by atoms with Gasteiger partial charge >= 0.3 is 0 Å². The van der Waals surface area contributed by atoms with Crippen molar-refractivity contribution in [3.05, 3.63) is 230 Å². The number of rotatable bonds is 5. The zero-order valence-corrected chi connectivity index (χ0v) is 31.9. The Labute approximate surface area is 367 Å². The summed E-state index contributed by atoms with van der Waals surface area (Å²) in [4.78, 5) is 0. The second kappa shape index (κ2) is 13.9. The summed E-state index contributed by atoms with van der Waals surface area (Å²) in [6.07, 6.45) is 0. The van der Waals surface area contributed by atoms with E-state index < -0.39 is 84.1 Å². The minimum Gasteiger partial charge on any atom is -0.0622 e. The molecule has 0 fully saturated rings. The third-order valence-electron chi connectivity index (χ3n) is 11.8. The first-order chi connectivity index (χ1) is 35.2. The van der Waals surface area contributed by atoms with E-state index in [2.05, 4.69) is 115 Å². The fourth-order valence-corrected chi connectivity index (χ4v) is 9.20. The van der Waals surface area contributed by atoms with Gasteiger partial charge in [-0.05, 0) is 126 Å². The molecule has 0 heteroatoms. The first-order valence-electron chi connectivity index (χ1n) is 26.3. The Morgan fingerprint density at radius 2 is 0.633 bits per heavy atom. The van der Waals surface area contributed by atoms with Crippen LogP contribution in [0.3, 0.4) is 0 Å². The molecule has 12 aromatic carbocycles. The van der Waals surface area contributed by atoms with Gasteiger partial charge in [-0.1, -0.05) is 224 Å². The van der Waals surface area contributed by atoms with E-state index in [-0.39, 0.29) is 32.7 Å². The molecule has 12 rings (SSSR count). The van der Waals surface area contributed by atoms with Gasteiger partial charge in [0.2, 0.25) is 0 Å². The van der Waals surface area contributed by atoms with Gasteiger partial charge < -0.3 is 0 Å². The Hall–Kier alpha value is -7.80. The molecular weight excluding hydrogens is 721 g/mol. The minimum absolute atomic E-state index is 0.0871. The minimum atomic E-state index is -0.714. The van der Waals surface area contributed by atoms with Gasteiger partial charge in [0.15, 0.2) is 0 Å². The van der Waals surface area contributed by atoms with Crippen LogP contribution in [0.4, 0.5) is 0 Å². The standard InChI is InChI=1S/C60H38/c1-2-17-41(18-3-1)57-52-26-12-14-28-54(52)60(55-29-15-13-27-53(55)57)56-37-36-45(46-20-6-7-21-47(46)56)40-31-33-42(34-32-40)58-48-22-8-10-24-50(48)59(51-25-11-9-23-49(51)58)44-35-30-39-16-4-5-19-43(39)38-44/h1-38H/i1D,2D,3D,12D,13D,14D,15D,17D,18D,26D,27D,28D,29D. The highest BCUT2D eigenvalue weighted by molar-refractivity contribution is 6.25. The molecule has 0 atom stereocenters. The van der Waals surface area contributed by atoms with Crippen LogP contribution in [0.2, 0.25) is 0 Å². The van der Waals surface area contributed by atoms with Crippen LogP contribution in [0.25, 0.3) is 120 Å². The summed E-state index contributed by atoms with van der Waals surface area (Å²) in [7, 11) is 0. The van der Waals surface area contributed by atoms with Crippen LogP contribution < -0.4 is 0 Å². The number of fused-ring (bicyclic) bond motifs is 6. The third kappa shape index (κ3) is 5.39. The maximum absolute atomic E-state index is 9.48. The van der Waals surface area contributed by atoms with E-state index in [1.165, 1.54) is 16.3 Å². The lowest BCUT2D eigenvalue weighted by atomic mass is 9.83.